The van der Waals surface area contributed by atoms with Gasteiger partial charge in [-0.2, -0.15) is 8.78 Å². The van der Waals surface area contributed by atoms with E-state index in [1.807, 2.05) is 11.9 Å². The predicted octanol–water partition coefficient (Wildman–Crippen LogP) is 3.10. The van der Waals surface area contributed by atoms with Crippen molar-refractivity contribution >= 4 is 29.9 Å². The second-order valence-electron chi connectivity index (χ2n) is 4.10. The van der Waals surface area contributed by atoms with Gasteiger partial charge in [-0.25, -0.2) is 0 Å². The fourth-order valence-electron chi connectivity index (χ4n) is 1.67. The molecule has 7 heteroatoms. The largest absolute Gasteiger partial charge is 0.435 e. The molecule has 0 saturated carbocycles. The van der Waals surface area contributed by atoms with Crippen molar-refractivity contribution in [2.24, 2.45) is 4.99 Å². The second kappa shape index (κ2) is 10.4. The summed E-state index contributed by atoms with van der Waals surface area (Å²) < 4.78 is 28.4. The zero-order chi connectivity index (χ0) is 15.0. The number of halogens is 3. The first kappa shape index (κ1) is 19.6. The van der Waals surface area contributed by atoms with E-state index in [0.29, 0.717) is 13.1 Å². The molecule has 0 fully saturated rings. The van der Waals surface area contributed by atoms with Crippen molar-refractivity contribution in [1.29, 1.82) is 0 Å². The van der Waals surface area contributed by atoms with Crippen LogP contribution < -0.4 is 10.1 Å². The number of guanidine groups is 1. The van der Waals surface area contributed by atoms with Crippen molar-refractivity contribution < 1.29 is 13.5 Å². The van der Waals surface area contributed by atoms with Crippen molar-refractivity contribution in [3.63, 3.8) is 0 Å². The third kappa shape index (κ3) is 7.26. The molecule has 0 saturated heterocycles. The Bertz CT molecular complexity index is 452. The van der Waals surface area contributed by atoms with Crippen molar-refractivity contribution in [1.82, 2.24) is 10.2 Å². The fraction of sp³-hybridized carbons (Fsp3) is 0.357. The van der Waals surface area contributed by atoms with Gasteiger partial charge in [0, 0.05) is 27.2 Å². The SMILES string of the molecule is C=CCNC(=NC)N(C)Cc1ccc(OC(F)F)cc1.I. The van der Waals surface area contributed by atoms with E-state index < -0.39 is 6.61 Å². The summed E-state index contributed by atoms with van der Waals surface area (Å²) >= 11 is 0. The number of nitrogens with one attached hydrogen (secondary N) is 1. The molecule has 118 valence electrons. The van der Waals surface area contributed by atoms with Gasteiger partial charge >= 0.3 is 6.61 Å². The maximum Gasteiger partial charge on any atom is 0.387 e. The number of benzene rings is 1. The predicted molar refractivity (Wildman–Crippen MR) is 91.5 cm³/mol. The average Bonchev–Trinajstić information content (AvgIpc) is 2.41. The highest BCUT2D eigenvalue weighted by Crippen LogP contribution is 2.15. The van der Waals surface area contributed by atoms with Gasteiger partial charge in [0.2, 0.25) is 0 Å². The lowest BCUT2D eigenvalue weighted by Crippen LogP contribution is -2.38. The zero-order valence-electron chi connectivity index (χ0n) is 12.1. The van der Waals surface area contributed by atoms with Gasteiger partial charge in [0.1, 0.15) is 5.75 Å². The van der Waals surface area contributed by atoms with Crippen LogP contribution in [0.5, 0.6) is 5.75 Å². The number of hydrogen-bond acceptors (Lipinski definition) is 2. The van der Waals surface area contributed by atoms with Gasteiger partial charge in [0.15, 0.2) is 5.96 Å². The molecule has 0 aliphatic carbocycles. The molecule has 0 amide bonds. The minimum absolute atomic E-state index is 0. The number of ether oxygens (including phenoxy) is 1. The molecule has 0 radical (unpaired) electrons. The van der Waals surface area contributed by atoms with Gasteiger partial charge in [0.25, 0.3) is 0 Å². The third-order valence-electron chi connectivity index (χ3n) is 2.55. The van der Waals surface area contributed by atoms with Crippen LogP contribution in [0.2, 0.25) is 0 Å². The van der Waals surface area contributed by atoms with Crippen LogP contribution in [0.3, 0.4) is 0 Å². The summed E-state index contributed by atoms with van der Waals surface area (Å²) in [5, 5.41) is 3.11. The van der Waals surface area contributed by atoms with Gasteiger partial charge in [-0.3, -0.25) is 4.99 Å². The van der Waals surface area contributed by atoms with Crippen LogP contribution in [0, 0.1) is 0 Å². The van der Waals surface area contributed by atoms with Crippen LogP contribution >= 0.6 is 24.0 Å². The maximum absolute atomic E-state index is 12.0. The van der Waals surface area contributed by atoms with Gasteiger partial charge in [-0.15, -0.1) is 30.6 Å². The molecule has 1 rings (SSSR count). The molecule has 0 spiro atoms. The molecule has 0 atom stereocenters. The summed E-state index contributed by atoms with van der Waals surface area (Å²) in [5.41, 5.74) is 0.968. The van der Waals surface area contributed by atoms with E-state index in [2.05, 4.69) is 21.6 Å². The maximum atomic E-state index is 12.0. The lowest BCUT2D eigenvalue weighted by Gasteiger charge is -2.21. The van der Waals surface area contributed by atoms with E-state index in [-0.39, 0.29) is 29.7 Å². The van der Waals surface area contributed by atoms with Crippen LogP contribution in [0.4, 0.5) is 8.78 Å². The number of rotatable bonds is 6. The molecule has 21 heavy (non-hydrogen) atoms. The van der Waals surface area contributed by atoms with Crippen LogP contribution in [0.25, 0.3) is 0 Å². The summed E-state index contributed by atoms with van der Waals surface area (Å²) in [5.74, 6) is 0.887. The lowest BCUT2D eigenvalue weighted by atomic mass is 10.2. The smallest absolute Gasteiger partial charge is 0.387 e. The molecule has 0 unspecified atom stereocenters. The number of hydrogen-bond donors (Lipinski definition) is 1. The van der Waals surface area contributed by atoms with Crippen LogP contribution in [-0.2, 0) is 6.54 Å². The first-order chi connectivity index (χ1) is 9.56. The molecule has 0 aliphatic rings. The Morgan fingerprint density at radius 1 is 1.43 bits per heavy atom. The molecule has 0 bridgehead atoms. The lowest BCUT2D eigenvalue weighted by molar-refractivity contribution is -0.0498. The first-order valence-corrected chi connectivity index (χ1v) is 6.13. The Morgan fingerprint density at radius 3 is 2.52 bits per heavy atom. The minimum Gasteiger partial charge on any atom is -0.435 e. The Labute approximate surface area is 140 Å². The molecular weight excluding hydrogens is 391 g/mol. The third-order valence-corrected chi connectivity index (χ3v) is 2.55. The monoisotopic (exact) mass is 411 g/mol. The van der Waals surface area contributed by atoms with Gasteiger partial charge in [-0.05, 0) is 17.7 Å². The van der Waals surface area contributed by atoms with E-state index in [0.717, 1.165) is 11.5 Å². The van der Waals surface area contributed by atoms with Crippen LogP contribution in [0.1, 0.15) is 5.56 Å². The fourth-order valence-corrected chi connectivity index (χ4v) is 1.67. The summed E-state index contributed by atoms with van der Waals surface area (Å²) in [6.45, 7) is 2.06. The number of nitrogens with zero attached hydrogens (tertiary/aromatic N) is 2. The highest BCUT2D eigenvalue weighted by atomic mass is 127. The Kier molecular flexibility index (Phi) is 9.68. The highest BCUT2D eigenvalue weighted by Gasteiger charge is 2.07. The van der Waals surface area contributed by atoms with E-state index in [1.54, 1.807) is 25.3 Å². The van der Waals surface area contributed by atoms with E-state index in [4.69, 9.17) is 0 Å². The highest BCUT2D eigenvalue weighted by molar-refractivity contribution is 14.0. The zero-order valence-corrected chi connectivity index (χ0v) is 14.4. The average molecular weight is 411 g/mol. The molecule has 0 aliphatic heterocycles. The minimum atomic E-state index is -2.80. The molecular formula is C14H20F2IN3O. The van der Waals surface area contributed by atoms with Gasteiger partial charge < -0.3 is 15.0 Å². The van der Waals surface area contributed by atoms with E-state index in [1.165, 1.54) is 12.1 Å². The summed E-state index contributed by atoms with van der Waals surface area (Å²) in [7, 11) is 3.59. The normalized spacial score (nSPS) is 10.8. The quantitative estimate of drug-likeness (QED) is 0.338. The number of alkyl halides is 2. The summed E-state index contributed by atoms with van der Waals surface area (Å²) in [6, 6.07) is 6.54. The Morgan fingerprint density at radius 2 is 2.05 bits per heavy atom. The molecule has 0 heterocycles. The molecule has 1 aromatic carbocycles. The van der Waals surface area contributed by atoms with Crippen LogP contribution in [0.15, 0.2) is 41.9 Å². The van der Waals surface area contributed by atoms with E-state index in [9.17, 15) is 8.78 Å². The molecule has 4 nitrogen and oxygen atoms in total. The van der Waals surface area contributed by atoms with Crippen molar-refractivity contribution in [2.75, 3.05) is 20.6 Å². The molecule has 0 aromatic heterocycles. The molecule has 1 N–H and O–H groups in total. The Hall–Kier alpha value is -1.38. The van der Waals surface area contributed by atoms with Crippen molar-refractivity contribution in [3.05, 3.63) is 42.5 Å². The van der Waals surface area contributed by atoms with Crippen LogP contribution in [-0.4, -0.2) is 38.1 Å². The standard InChI is InChI=1S/C14H19F2N3O.HI/c1-4-9-18-14(17-2)19(3)10-11-5-7-12(8-6-11)20-13(15)16;/h4-8,13H,1,9-10H2,2-3H3,(H,17,18);1H. The number of aliphatic imine (C=N–C) groups is 1. The van der Waals surface area contributed by atoms with Gasteiger partial charge in [-0.1, -0.05) is 18.2 Å². The van der Waals surface area contributed by atoms with Gasteiger partial charge in [0.05, 0.1) is 0 Å². The first-order valence-electron chi connectivity index (χ1n) is 6.13. The van der Waals surface area contributed by atoms with Crippen molar-refractivity contribution in [3.8, 4) is 5.75 Å². The second-order valence-corrected chi connectivity index (χ2v) is 4.10. The topological polar surface area (TPSA) is 36.9 Å². The van der Waals surface area contributed by atoms with Crippen molar-refractivity contribution in [2.45, 2.75) is 13.2 Å². The Balaban J connectivity index is 0.00000400. The molecule has 1 aromatic rings. The summed E-state index contributed by atoms with van der Waals surface area (Å²) in [6.07, 6.45) is 1.75. The van der Waals surface area contributed by atoms with E-state index >= 15 is 0 Å². The summed E-state index contributed by atoms with van der Waals surface area (Å²) in [4.78, 5) is 6.06.